The Labute approximate surface area is 240 Å². The minimum Gasteiger partial charge on any atom is -0.480 e. The topological polar surface area (TPSA) is 316 Å². The number of hydrogen-bond donors (Lipinski definition) is 12. The Bertz CT molecular complexity index is 964. The van der Waals surface area contributed by atoms with Gasteiger partial charge in [0.05, 0.1) is 19.5 Å². The van der Waals surface area contributed by atoms with Gasteiger partial charge in [0.2, 0.25) is 35.4 Å². The highest BCUT2D eigenvalue weighted by Gasteiger charge is 2.29. The average molecular weight is 609 g/mol. The molecule has 6 amide bonds. The lowest BCUT2D eigenvalue weighted by molar-refractivity contribution is -0.141. The Kier molecular flexibility index (Phi) is 17.5. The Morgan fingerprint density at radius 1 is 0.750 bits per heavy atom. The summed E-state index contributed by atoms with van der Waals surface area (Å²) in [6.07, 6.45) is -0.415. The molecule has 0 aromatic carbocycles. The van der Waals surface area contributed by atoms with E-state index in [-0.39, 0.29) is 36.9 Å². The molecule has 0 heterocycles. The molecule has 18 nitrogen and oxygen atoms in total. The number of guanidine groups is 1. The number of rotatable bonds is 19. The maximum absolute atomic E-state index is 12.6. The van der Waals surface area contributed by atoms with E-state index < -0.39 is 85.1 Å². The van der Waals surface area contributed by atoms with Gasteiger partial charge in [0.25, 0.3) is 0 Å². The summed E-state index contributed by atoms with van der Waals surface area (Å²) < 4.78 is 0. The normalized spacial score (nSPS) is 13.4. The first-order valence-electron chi connectivity index (χ1n) is 11.7. The number of hydrogen-bond acceptors (Lipinski definition) is 11. The average Bonchev–Trinajstić information content (AvgIpc) is 2.88. The van der Waals surface area contributed by atoms with E-state index in [0.29, 0.717) is 0 Å². The second kappa shape index (κ2) is 19.3. The molecule has 40 heavy (non-hydrogen) atoms. The van der Waals surface area contributed by atoms with Crippen molar-refractivity contribution in [2.75, 3.05) is 31.1 Å². The molecule has 0 aromatic rings. The molecule has 0 aliphatic carbocycles. The highest BCUT2D eigenvalue weighted by atomic mass is 32.1. The molecule has 0 fully saturated rings. The van der Waals surface area contributed by atoms with Gasteiger partial charge < -0.3 is 54.6 Å². The van der Waals surface area contributed by atoms with Crippen LogP contribution in [0.1, 0.15) is 19.3 Å². The number of amides is 6. The van der Waals surface area contributed by atoms with E-state index >= 15 is 0 Å². The van der Waals surface area contributed by atoms with Crippen LogP contribution in [0.25, 0.3) is 0 Å². The fourth-order valence-electron chi connectivity index (χ4n) is 2.90. The van der Waals surface area contributed by atoms with Gasteiger partial charge >= 0.3 is 5.97 Å². The Hall–Kier alpha value is -3.78. The number of primary amides is 1. The van der Waals surface area contributed by atoms with E-state index in [9.17, 15) is 33.6 Å². The van der Waals surface area contributed by atoms with Gasteiger partial charge in [-0.1, -0.05) is 0 Å². The number of carbonyl (C=O) groups excluding carboxylic acids is 6. The largest absolute Gasteiger partial charge is 0.480 e. The van der Waals surface area contributed by atoms with Crippen LogP contribution in [0.2, 0.25) is 0 Å². The number of carbonyl (C=O) groups is 7. The standard InChI is InChI=1S/C20H36N10O8S2/c21-5-14(32)28-11(7-39)18(36)29-10(4-13(22)31)16(34)26-6-15(33)27-9(2-1-3-25-20(23)24)17(35)30-12(8-40)19(37)38/h9-12,39-40H,1-8,21H2,(H2,22,31)(H,26,34)(H,27,33)(H,28,32)(H,29,36)(H,30,35)(H,37,38)(H4,23,24,25)/t9-,10-,11-,12-/m0/s1. The zero-order chi connectivity index (χ0) is 30.8. The minimum absolute atomic E-state index is 0.00119. The van der Waals surface area contributed by atoms with Crippen molar-refractivity contribution in [3.05, 3.63) is 0 Å². The van der Waals surface area contributed by atoms with E-state index in [2.05, 4.69) is 56.8 Å². The molecule has 4 atom stereocenters. The van der Waals surface area contributed by atoms with Crippen molar-refractivity contribution in [3.63, 3.8) is 0 Å². The third kappa shape index (κ3) is 15.0. The van der Waals surface area contributed by atoms with Crippen molar-refractivity contribution in [2.24, 2.45) is 27.9 Å². The van der Waals surface area contributed by atoms with Gasteiger partial charge in [0.15, 0.2) is 5.96 Å². The van der Waals surface area contributed by atoms with Crippen molar-refractivity contribution in [2.45, 2.75) is 43.4 Å². The molecule has 0 aliphatic rings. The van der Waals surface area contributed by atoms with Crippen molar-refractivity contribution >= 4 is 72.6 Å². The van der Waals surface area contributed by atoms with Crippen LogP contribution < -0.4 is 49.5 Å². The van der Waals surface area contributed by atoms with E-state index in [1.807, 2.05) is 0 Å². The highest BCUT2D eigenvalue weighted by Crippen LogP contribution is 2.01. The SMILES string of the molecule is NCC(=O)N[C@@H](CS)C(=O)N[C@@H](CC(N)=O)C(=O)NCC(=O)N[C@@H](CCCN=C(N)N)C(=O)N[C@@H](CS)C(=O)O. The van der Waals surface area contributed by atoms with Gasteiger partial charge in [-0.2, -0.15) is 25.3 Å². The zero-order valence-corrected chi connectivity index (χ0v) is 23.2. The van der Waals surface area contributed by atoms with E-state index in [0.717, 1.165) is 0 Å². The van der Waals surface area contributed by atoms with Crippen LogP contribution in [-0.4, -0.2) is 108 Å². The highest BCUT2D eigenvalue weighted by molar-refractivity contribution is 7.80. The lowest BCUT2D eigenvalue weighted by atomic mass is 10.1. The molecular weight excluding hydrogens is 572 g/mol. The second-order valence-electron chi connectivity index (χ2n) is 8.11. The number of aliphatic carboxylic acids is 1. The number of nitrogens with zero attached hydrogens (tertiary/aromatic N) is 1. The molecule has 0 bridgehead atoms. The first-order valence-corrected chi connectivity index (χ1v) is 13.0. The summed E-state index contributed by atoms with van der Waals surface area (Å²) in [5.74, 6) is -7.05. The Morgan fingerprint density at radius 3 is 1.80 bits per heavy atom. The van der Waals surface area contributed by atoms with Crippen LogP contribution in [0.4, 0.5) is 0 Å². The molecule has 0 saturated carbocycles. The summed E-state index contributed by atoms with van der Waals surface area (Å²) in [6.45, 7) is -0.992. The predicted molar refractivity (Wildman–Crippen MR) is 149 cm³/mol. The molecule has 0 unspecified atom stereocenters. The minimum atomic E-state index is -1.51. The quantitative estimate of drug-likeness (QED) is 0.0283. The number of nitrogens with two attached hydrogens (primary N) is 4. The fraction of sp³-hybridized carbons (Fsp3) is 0.600. The molecule has 0 rings (SSSR count). The van der Waals surface area contributed by atoms with Crippen LogP contribution in [0.5, 0.6) is 0 Å². The fourth-order valence-corrected chi connectivity index (χ4v) is 3.40. The molecular formula is C20H36N10O8S2. The predicted octanol–water partition coefficient (Wildman–Crippen LogP) is -6.13. The zero-order valence-electron chi connectivity index (χ0n) is 21.4. The molecule has 0 aliphatic heterocycles. The van der Waals surface area contributed by atoms with Gasteiger partial charge in [-0.25, -0.2) is 4.79 Å². The number of aliphatic imine (C=N–C) groups is 1. The smallest absolute Gasteiger partial charge is 0.327 e. The third-order valence-electron chi connectivity index (χ3n) is 4.88. The lowest BCUT2D eigenvalue weighted by Gasteiger charge is -2.22. The third-order valence-corrected chi connectivity index (χ3v) is 5.61. The van der Waals surface area contributed by atoms with Crippen LogP contribution in [0, 0.1) is 0 Å². The molecule has 226 valence electrons. The summed E-state index contributed by atoms with van der Waals surface area (Å²) in [7, 11) is 0. The second-order valence-corrected chi connectivity index (χ2v) is 8.84. The van der Waals surface area contributed by atoms with Gasteiger partial charge in [0.1, 0.15) is 24.2 Å². The molecule has 0 radical (unpaired) electrons. The molecule has 0 spiro atoms. The first kappa shape index (κ1) is 36.2. The summed E-state index contributed by atoms with van der Waals surface area (Å²) in [5, 5.41) is 20.5. The summed E-state index contributed by atoms with van der Waals surface area (Å²) in [5.41, 5.74) is 20.9. The maximum Gasteiger partial charge on any atom is 0.327 e. The molecule has 14 N–H and O–H groups in total. The van der Waals surface area contributed by atoms with Crippen molar-refractivity contribution in [1.82, 2.24) is 26.6 Å². The number of carboxylic acid groups (broad SMARTS) is 1. The van der Waals surface area contributed by atoms with Crippen molar-refractivity contribution < 1.29 is 38.7 Å². The van der Waals surface area contributed by atoms with E-state index in [1.54, 1.807) is 0 Å². The Balaban J connectivity index is 5.36. The molecule has 0 saturated heterocycles. The first-order chi connectivity index (χ1) is 18.7. The van der Waals surface area contributed by atoms with E-state index in [4.69, 9.17) is 28.0 Å². The van der Waals surface area contributed by atoms with Gasteiger partial charge in [-0.05, 0) is 12.8 Å². The summed E-state index contributed by atoms with van der Waals surface area (Å²) in [6, 6.07) is -5.26. The van der Waals surface area contributed by atoms with Crippen LogP contribution >= 0.6 is 25.3 Å². The van der Waals surface area contributed by atoms with Crippen LogP contribution in [0.3, 0.4) is 0 Å². The molecule has 20 heteroatoms. The summed E-state index contributed by atoms with van der Waals surface area (Å²) in [4.78, 5) is 88.2. The number of carboxylic acids is 1. The maximum atomic E-state index is 12.6. The summed E-state index contributed by atoms with van der Waals surface area (Å²) >= 11 is 7.83. The van der Waals surface area contributed by atoms with Crippen LogP contribution in [-0.2, 0) is 33.6 Å². The van der Waals surface area contributed by atoms with E-state index in [1.165, 1.54) is 0 Å². The van der Waals surface area contributed by atoms with Crippen molar-refractivity contribution in [3.8, 4) is 0 Å². The number of nitrogens with one attached hydrogen (secondary N) is 5. The number of thiol groups is 2. The monoisotopic (exact) mass is 608 g/mol. The lowest BCUT2D eigenvalue weighted by Crippen LogP contribution is -2.57. The van der Waals surface area contributed by atoms with Gasteiger partial charge in [-0.3, -0.25) is 33.8 Å². The van der Waals surface area contributed by atoms with Crippen LogP contribution in [0.15, 0.2) is 4.99 Å². The van der Waals surface area contributed by atoms with Gasteiger partial charge in [-0.15, -0.1) is 0 Å². The molecule has 0 aromatic heterocycles. The Morgan fingerprint density at radius 2 is 1.30 bits per heavy atom. The van der Waals surface area contributed by atoms with Gasteiger partial charge in [0, 0.05) is 18.1 Å². The van der Waals surface area contributed by atoms with Crippen molar-refractivity contribution in [1.29, 1.82) is 0 Å².